The minimum atomic E-state index is -0.501. The summed E-state index contributed by atoms with van der Waals surface area (Å²) in [5, 5.41) is 23.7. The zero-order chi connectivity index (χ0) is 15.4. The van der Waals surface area contributed by atoms with E-state index < -0.39 is 4.92 Å². The Morgan fingerprint density at radius 3 is 2.57 bits per heavy atom. The van der Waals surface area contributed by atoms with Crippen LogP contribution in [0.3, 0.4) is 0 Å². The van der Waals surface area contributed by atoms with Crippen LogP contribution in [0, 0.1) is 10.1 Å². The molecule has 0 spiro atoms. The molecular weight excluding hydrogens is 276 g/mol. The third-order valence-corrected chi connectivity index (χ3v) is 3.03. The van der Waals surface area contributed by atoms with E-state index in [1.54, 1.807) is 0 Å². The van der Waals surface area contributed by atoms with Crippen LogP contribution >= 0.6 is 0 Å². The molecular formula is C13H14N4O4. The standard InChI is InChI=1S/C13H14N4O4/c14-13-11(8-19)12(15-16(13)6-1-7-18)9-2-4-10(5-3-9)17(20)21/h2-5,8,18H,1,6-7,14H2. The van der Waals surface area contributed by atoms with Gasteiger partial charge in [-0.3, -0.25) is 14.9 Å². The number of hydrogen-bond acceptors (Lipinski definition) is 6. The first-order valence-corrected chi connectivity index (χ1v) is 6.25. The van der Waals surface area contributed by atoms with Crippen molar-refractivity contribution in [3.8, 4) is 11.3 Å². The Balaban J connectivity index is 2.42. The van der Waals surface area contributed by atoms with Crippen LogP contribution < -0.4 is 5.73 Å². The first-order valence-electron chi connectivity index (χ1n) is 6.25. The highest BCUT2D eigenvalue weighted by Gasteiger charge is 2.17. The molecule has 1 heterocycles. The normalized spacial score (nSPS) is 10.5. The molecule has 3 N–H and O–H groups in total. The summed E-state index contributed by atoms with van der Waals surface area (Å²) in [4.78, 5) is 21.3. The number of rotatable bonds is 6. The third-order valence-electron chi connectivity index (χ3n) is 3.03. The van der Waals surface area contributed by atoms with E-state index in [-0.39, 0.29) is 23.7 Å². The van der Waals surface area contributed by atoms with Gasteiger partial charge >= 0.3 is 0 Å². The highest BCUT2D eigenvalue weighted by atomic mass is 16.6. The fourth-order valence-corrected chi connectivity index (χ4v) is 1.95. The predicted molar refractivity (Wildman–Crippen MR) is 75.8 cm³/mol. The van der Waals surface area contributed by atoms with Crippen molar-refractivity contribution in [2.75, 3.05) is 12.3 Å². The van der Waals surface area contributed by atoms with E-state index in [1.807, 2.05) is 0 Å². The average molecular weight is 290 g/mol. The quantitative estimate of drug-likeness (QED) is 0.468. The molecule has 2 aromatic rings. The van der Waals surface area contributed by atoms with Crippen LogP contribution in [-0.4, -0.2) is 32.7 Å². The molecule has 0 saturated heterocycles. The molecule has 8 nitrogen and oxygen atoms in total. The first kappa shape index (κ1) is 14.7. The maximum absolute atomic E-state index is 11.2. The van der Waals surface area contributed by atoms with Gasteiger partial charge in [0.2, 0.25) is 0 Å². The summed E-state index contributed by atoms with van der Waals surface area (Å²) in [6, 6.07) is 5.71. The molecule has 21 heavy (non-hydrogen) atoms. The van der Waals surface area contributed by atoms with Gasteiger partial charge in [0.15, 0.2) is 6.29 Å². The van der Waals surface area contributed by atoms with Gasteiger partial charge in [0, 0.05) is 30.8 Å². The topological polar surface area (TPSA) is 124 Å². The Bertz CT molecular complexity index is 664. The van der Waals surface area contributed by atoms with Gasteiger partial charge in [0.05, 0.1) is 10.5 Å². The minimum Gasteiger partial charge on any atom is -0.396 e. The Labute approximate surface area is 120 Å². The van der Waals surface area contributed by atoms with Crippen molar-refractivity contribution >= 4 is 17.8 Å². The molecule has 1 aromatic carbocycles. The zero-order valence-corrected chi connectivity index (χ0v) is 11.1. The van der Waals surface area contributed by atoms with Crippen LogP contribution in [0.1, 0.15) is 16.8 Å². The number of aliphatic hydroxyl groups excluding tert-OH is 1. The van der Waals surface area contributed by atoms with Crippen LogP contribution in [-0.2, 0) is 6.54 Å². The highest BCUT2D eigenvalue weighted by Crippen LogP contribution is 2.27. The van der Waals surface area contributed by atoms with Crippen LogP contribution in [0.25, 0.3) is 11.3 Å². The second-order valence-electron chi connectivity index (χ2n) is 4.37. The maximum Gasteiger partial charge on any atom is 0.269 e. The third kappa shape index (κ3) is 2.90. The average Bonchev–Trinajstić information content (AvgIpc) is 2.81. The number of aliphatic hydroxyl groups is 1. The van der Waals surface area contributed by atoms with E-state index in [0.717, 1.165) is 0 Å². The van der Waals surface area contributed by atoms with Crippen LogP contribution in [0.2, 0.25) is 0 Å². The van der Waals surface area contributed by atoms with Crippen molar-refractivity contribution in [2.24, 2.45) is 0 Å². The fourth-order valence-electron chi connectivity index (χ4n) is 1.95. The van der Waals surface area contributed by atoms with Crippen molar-refractivity contribution in [1.82, 2.24) is 9.78 Å². The van der Waals surface area contributed by atoms with E-state index >= 15 is 0 Å². The highest BCUT2D eigenvalue weighted by molar-refractivity contribution is 5.91. The number of non-ortho nitro benzene ring substituents is 1. The SMILES string of the molecule is Nc1c(C=O)c(-c2ccc([N+](=O)[O-])cc2)nn1CCCO. The van der Waals surface area contributed by atoms with Gasteiger partial charge in [-0.2, -0.15) is 5.10 Å². The molecule has 0 aliphatic carbocycles. The number of carbonyl (C=O) groups is 1. The van der Waals surface area contributed by atoms with E-state index in [4.69, 9.17) is 10.8 Å². The second kappa shape index (κ2) is 6.14. The monoisotopic (exact) mass is 290 g/mol. The zero-order valence-electron chi connectivity index (χ0n) is 11.1. The molecule has 0 amide bonds. The fraction of sp³-hybridized carbons (Fsp3) is 0.231. The largest absolute Gasteiger partial charge is 0.396 e. The molecule has 1 aromatic heterocycles. The number of carbonyl (C=O) groups excluding carboxylic acids is 1. The first-order chi connectivity index (χ1) is 10.1. The molecule has 0 bridgehead atoms. The van der Waals surface area contributed by atoms with Gasteiger partial charge in [0.25, 0.3) is 5.69 Å². The van der Waals surface area contributed by atoms with Crippen LogP contribution in [0.4, 0.5) is 11.5 Å². The second-order valence-corrected chi connectivity index (χ2v) is 4.37. The smallest absolute Gasteiger partial charge is 0.269 e. The summed E-state index contributed by atoms with van der Waals surface area (Å²) in [5.74, 6) is 0.215. The Morgan fingerprint density at radius 2 is 2.05 bits per heavy atom. The number of aromatic nitrogens is 2. The molecule has 110 valence electrons. The van der Waals surface area contributed by atoms with Crippen LogP contribution in [0.5, 0.6) is 0 Å². The van der Waals surface area contributed by atoms with Gasteiger partial charge in [-0.05, 0) is 18.6 Å². The maximum atomic E-state index is 11.2. The summed E-state index contributed by atoms with van der Waals surface area (Å²) in [7, 11) is 0. The summed E-state index contributed by atoms with van der Waals surface area (Å²) in [6.07, 6.45) is 1.07. The Kier molecular flexibility index (Phi) is 4.29. The summed E-state index contributed by atoms with van der Waals surface area (Å²) < 4.78 is 1.44. The number of nitrogen functional groups attached to an aromatic ring is 1. The lowest BCUT2D eigenvalue weighted by Crippen LogP contribution is -2.06. The molecule has 0 aliphatic rings. The van der Waals surface area contributed by atoms with E-state index in [1.165, 1.54) is 28.9 Å². The number of aldehydes is 1. The van der Waals surface area contributed by atoms with Crippen molar-refractivity contribution in [3.05, 3.63) is 39.9 Å². The number of nitro groups is 1. The number of anilines is 1. The van der Waals surface area contributed by atoms with E-state index in [0.29, 0.717) is 30.5 Å². The predicted octanol–water partition coefficient (Wildman–Crippen LogP) is 1.24. The Morgan fingerprint density at radius 1 is 1.38 bits per heavy atom. The summed E-state index contributed by atoms with van der Waals surface area (Å²) in [5.41, 5.74) is 6.98. The lowest BCUT2D eigenvalue weighted by Gasteiger charge is -2.01. The lowest BCUT2D eigenvalue weighted by molar-refractivity contribution is -0.384. The van der Waals surface area contributed by atoms with Crippen molar-refractivity contribution < 1.29 is 14.8 Å². The van der Waals surface area contributed by atoms with Crippen molar-refractivity contribution in [1.29, 1.82) is 0 Å². The summed E-state index contributed by atoms with van der Waals surface area (Å²) in [6.45, 7) is 0.374. The van der Waals surface area contributed by atoms with Gasteiger partial charge in [-0.1, -0.05) is 0 Å². The Hall–Kier alpha value is -2.74. The van der Waals surface area contributed by atoms with Crippen molar-refractivity contribution in [3.63, 3.8) is 0 Å². The molecule has 8 heteroatoms. The number of hydrogen-bond donors (Lipinski definition) is 2. The number of nitrogens with two attached hydrogens (primary N) is 1. The van der Waals surface area contributed by atoms with Gasteiger partial charge in [-0.15, -0.1) is 0 Å². The lowest BCUT2D eigenvalue weighted by atomic mass is 10.1. The van der Waals surface area contributed by atoms with E-state index in [9.17, 15) is 14.9 Å². The summed E-state index contributed by atoms with van der Waals surface area (Å²) >= 11 is 0. The molecule has 0 saturated carbocycles. The van der Waals surface area contributed by atoms with Gasteiger partial charge in [0.1, 0.15) is 11.5 Å². The molecule has 0 fully saturated rings. The molecule has 2 rings (SSSR count). The molecule has 0 radical (unpaired) electrons. The number of nitro benzene ring substituents is 1. The van der Waals surface area contributed by atoms with Gasteiger partial charge < -0.3 is 10.8 Å². The van der Waals surface area contributed by atoms with Gasteiger partial charge in [-0.25, -0.2) is 4.68 Å². The minimum absolute atomic E-state index is 0.0113. The van der Waals surface area contributed by atoms with E-state index in [2.05, 4.69) is 5.10 Å². The molecule has 0 aliphatic heterocycles. The molecule has 0 atom stereocenters. The number of benzene rings is 1. The van der Waals surface area contributed by atoms with Crippen LogP contribution in [0.15, 0.2) is 24.3 Å². The number of nitrogens with zero attached hydrogens (tertiary/aromatic N) is 3. The van der Waals surface area contributed by atoms with Crippen molar-refractivity contribution in [2.45, 2.75) is 13.0 Å². The number of aryl methyl sites for hydroxylation is 1. The molecule has 0 unspecified atom stereocenters.